The minimum Gasteiger partial charge on any atom is -0.482 e. The number of hydrogen-bond donors (Lipinski definition) is 1. The summed E-state index contributed by atoms with van der Waals surface area (Å²) in [5, 5.41) is 2.86. The van der Waals surface area contributed by atoms with Gasteiger partial charge in [0.1, 0.15) is 18.1 Å². The van der Waals surface area contributed by atoms with Crippen molar-refractivity contribution in [2.45, 2.75) is 13.0 Å². The van der Waals surface area contributed by atoms with E-state index in [0.29, 0.717) is 36.5 Å². The molecule has 5 rings (SSSR count). The molecular weight excluding hydrogens is 437 g/mol. The highest BCUT2D eigenvalue weighted by molar-refractivity contribution is 6.07. The van der Waals surface area contributed by atoms with Gasteiger partial charge in [-0.3, -0.25) is 19.3 Å². The molecule has 172 valence electrons. The number of nitrogens with one attached hydrogen (secondary N) is 1. The lowest BCUT2D eigenvalue weighted by molar-refractivity contribution is -0.125. The Morgan fingerprint density at radius 1 is 1.00 bits per heavy atom. The Labute approximate surface area is 195 Å². The Bertz CT molecular complexity index is 1280. The fraction of sp³-hybridized carbons (Fsp3) is 0.192. The van der Waals surface area contributed by atoms with Crippen molar-refractivity contribution in [3.8, 4) is 5.75 Å². The number of nitrogens with zero attached hydrogens (tertiary/aromatic N) is 2. The van der Waals surface area contributed by atoms with E-state index in [4.69, 9.17) is 4.74 Å². The van der Waals surface area contributed by atoms with Crippen LogP contribution in [0.3, 0.4) is 0 Å². The molecule has 3 amide bonds. The lowest BCUT2D eigenvalue weighted by Crippen LogP contribution is -2.45. The van der Waals surface area contributed by atoms with Gasteiger partial charge in [0.2, 0.25) is 5.91 Å². The molecule has 3 aromatic carbocycles. The number of amides is 3. The summed E-state index contributed by atoms with van der Waals surface area (Å²) in [6.45, 7) is 0.657. The van der Waals surface area contributed by atoms with Crippen LogP contribution in [-0.2, 0) is 22.6 Å². The van der Waals surface area contributed by atoms with E-state index in [2.05, 4.69) is 5.32 Å². The number of rotatable bonds is 5. The number of carbonyl (C=O) groups excluding carboxylic acids is 3. The van der Waals surface area contributed by atoms with Crippen LogP contribution in [0.2, 0.25) is 0 Å². The number of para-hydroxylation sites is 2. The van der Waals surface area contributed by atoms with Crippen molar-refractivity contribution >= 4 is 29.1 Å². The zero-order valence-electron chi connectivity index (χ0n) is 18.3. The Morgan fingerprint density at radius 2 is 1.79 bits per heavy atom. The monoisotopic (exact) mass is 459 g/mol. The van der Waals surface area contributed by atoms with Crippen LogP contribution in [0.25, 0.3) is 0 Å². The molecule has 2 aliphatic rings. The van der Waals surface area contributed by atoms with E-state index in [1.54, 1.807) is 23.1 Å². The van der Waals surface area contributed by atoms with E-state index >= 15 is 0 Å². The zero-order valence-corrected chi connectivity index (χ0v) is 18.3. The normalized spacial score (nSPS) is 14.3. The van der Waals surface area contributed by atoms with Crippen molar-refractivity contribution in [1.29, 1.82) is 0 Å². The number of halogens is 1. The fourth-order valence-electron chi connectivity index (χ4n) is 4.25. The molecule has 0 aromatic heterocycles. The quantitative estimate of drug-likeness (QED) is 0.636. The van der Waals surface area contributed by atoms with Crippen LogP contribution in [0.1, 0.15) is 21.5 Å². The van der Waals surface area contributed by atoms with Gasteiger partial charge in [-0.05, 0) is 60.0 Å². The van der Waals surface area contributed by atoms with Gasteiger partial charge in [-0.25, -0.2) is 4.39 Å². The highest BCUT2D eigenvalue weighted by Gasteiger charge is 2.28. The molecule has 0 saturated heterocycles. The fourth-order valence-corrected chi connectivity index (χ4v) is 4.25. The third-order valence-electron chi connectivity index (χ3n) is 5.98. The summed E-state index contributed by atoms with van der Waals surface area (Å²) in [5.41, 5.74) is 3.75. The summed E-state index contributed by atoms with van der Waals surface area (Å²) in [6, 6.07) is 18.3. The van der Waals surface area contributed by atoms with E-state index in [-0.39, 0.29) is 36.7 Å². The van der Waals surface area contributed by atoms with E-state index in [0.717, 1.165) is 16.8 Å². The summed E-state index contributed by atoms with van der Waals surface area (Å²) in [4.78, 5) is 40.8. The standard InChI is InChI=1S/C26H22FN3O4/c27-20-8-6-18(7-9-20)26(33)29-12-11-19-13-17(5-10-21(19)29)14-28-24(31)15-30-22-3-1-2-4-23(22)34-16-25(30)32/h1-10,13H,11-12,14-16H2,(H,28,31). The van der Waals surface area contributed by atoms with Crippen molar-refractivity contribution in [2.24, 2.45) is 0 Å². The third-order valence-corrected chi connectivity index (χ3v) is 5.98. The summed E-state index contributed by atoms with van der Waals surface area (Å²) >= 11 is 0. The van der Waals surface area contributed by atoms with Crippen molar-refractivity contribution in [3.05, 3.63) is 89.2 Å². The lowest BCUT2D eigenvalue weighted by Gasteiger charge is -2.28. The molecule has 0 saturated carbocycles. The molecule has 2 aliphatic heterocycles. The average Bonchev–Trinajstić information content (AvgIpc) is 3.28. The number of fused-ring (bicyclic) bond motifs is 2. The maximum absolute atomic E-state index is 13.2. The molecule has 7 nitrogen and oxygen atoms in total. The SMILES string of the molecule is O=C(CN1C(=O)COc2ccccc21)NCc1ccc2c(c1)CCN2C(=O)c1ccc(F)cc1. The molecular formula is C26H22FN3O4. The molecule has 0 bridgehead atoms. The second-order valence-electron chi connectivity index (χ2n) is 8.19. The van der Waals surface area contributed by atoms with E-state index < -0.39 is 0 Å². The second kappa shape index (κ2) is 8.97. The van der Waals surface area contributed by atoms with Gasteiger partial charge in [-0.15, -0.1) is 0 Å². The van der Waals surface area contributed by atoms with Crippen LogP contribution in [0.15, 0.2) is 66.7 Å². The van der Waals surface area contributed by atoms with Crippen LogP contribution in [0.4, 0.5) is 15.8 Å². The van der Waals surface area contributed by atoms with Crippen molar-refractivity contribution in [3.63, 3.8) is 0 Å². The van der Waals surface area contributed by atoms with Crippen molar-refractivity contribution in [1.82, 2.24) is 5.32 Å². The third kappa shape index (κ3) is 4.22. The Kier molecular flexibility index (Phi) is 5.71. The van der Waals surface area contributed by atoms with E-state index in [1.807, 2.05) is 24.3 Å². The average molecular weight is 459 g/mol. The molecule has 8 heteroatoms. The first-order valence-corrected chi connectivity index (χ1v) is 11.0. The predicted molar refractivity (Wildman–Crippen MR) is 124 cm³/mol. The second-order valence-corrected chi connectivity index (χ2v) is 8.19. The first-order chi connectivity index (χ1) is 16.5. The number of benzene rings is 3. The maximum Gasteiger partial charge on any atom is 0.265 e. The molecule has 0 radical (unpaired) electrons. The molecule has 34 heavy (non-hydrogen) atoms. The van der Waals surface area contributed by atoms with Gasteiger partial charge in [0.15, 0.2) is 6.61 Å². The van der Waals surface area contributed by atoms with E-state index in [1.165, 1.54) is 29.2 Å². The van der Waals surface area contributed by atoms with Gasteiger partial charge in [0.25, 0.3) is 11.8 Å². The topological polar surface area (TPSA) is 79.0 Å². The Hall–Kier alpha value is -4.20. The molecule has 2 heterocycles. The van der Waals surface area contributed by atoms with Gasteiger partial charge in [-0.1, -0.05) is 24.3 Å². The summed E-state index contributed by atoms with van der Waals surface area (Å²) in [7, 11) is 0. The van der Waals surface area contributed by atoms with Crippen molar-refractivity contribution < 1.29 is 23.5 Å². The van der Waals surface area contributed by atoms with E-state index in [9.17, 15) is 18.8 Å². The molecule has 0 spiro atoms. The number of carbonyl (C=O) groups is 3. The largest absolute Gasteiger partial charge is 0.482 e. The molecule has 0 atom stereocenters. The summed E-state index contributed by atoms with van der Waals surface area (Å²) in [6.07, 6.45) is 0.698. The highest BCUT2D eigenvalue weighted by Crippen LogP contribution is 2.32. The van der Waals surface area contributed by atoms with Crippen LogP contribution < -0.4 is 19.9 Å². The number of ether oxygens (including phenoxy) is 1. The van der Waals surface area contributed by atoms with Crippen molar-refractivity contribution in [2.75, 3.05) is 29.5 Å². The van der Waals surface area contributed by atoms with Gasteiger partial charge in [-0.2, -0.15) is 0 Å². The molecule has 3 aromatic rings. The molecule has 1 N–H and O–H groups in total. The summed E-state index contributed by atoms with van der Waals surface area (Å²) < 4.78 is 18.6. The van der Waals surface area contributed by atoms with Gasteiger partial charge >= 0.3 is 0 Å². The summed E-state index contributed by atoms with van der Waals surface area (Å²) in [5.74, 6) is -0.522. The Morgan fingerprint density at radius 3 is 2.62 bits per heavy atom. The number of hydrogen-bond acceptors (Lipinski definition) is 4. The Balaban J connectivity index is 1.22. The maximum atomic E-state index is 13.2. The first-order valence-electron chi connectivity index (χ1n) is 11.0. The minimum atomic E-state index is -0.382. The lowest BCUT2D eigenvalue weighted by atomic mass is 10.1. The molecule has 0 aliphatic carbocycles. The minimum absolute atomic E-state index is 0.0932. The molecule has 0 unspecified atom stereocenters. The van der Waals surface area contributed by atoms with Gasteiger partial charge in [0, 0.05) is 24.3 Å². The highest BCUT2D eigenvalue weighted by atomic mass is 19.1. The van der Waals surface area contributed by atoms with Crippen LogP contribution in [0, 0.1) is 5.82 Å². The van der Waals surface area contributed by atoms with Crippen LogP contribution in [0.5, 0.6) is 5.75 Å². The molecule has 0 fully saturated rings. The zero-order chi connectivity index (χ0) is 23.7. The van der Waals surface area contributed by atoms with Crippen LogP contribution in [-0.4, -0.2) is 37.4 Å². The first kappa shape index (κ1) is 21.6. The van der Waals surface area contributed by atoms with Crippen LogP contribution >= 0.6 is 0 Å². The predicted octanol–water partition coefficient (Wildman–Crippen LogP) is 3.07. The number of anilines is 2. The van der Waals surface area contributed by atoms with Gasteiger partial charge < -0.3 is 15.0 Å². The smallest absolute Gasteiger partial charge is 0.265 e. The van der Waals surface area contributed by atoms with Gasteiger partial charge in [0.05, 0.1) is 5.69 Å².